The van der Waals surface area contributed by atoms with E-state index in [0.29, 0.717) is 38.5 Å². The summed E-state index contributed by atoms with van der Waals surface area (Å²) in [6.07, 6.45) is 1.72. The summed E-state index contributed by atoms with van der Waals surface area (Å²) in [5.74, 6) is -2.26. The minimum atomic E-state index is -3.89. The smallest absolute Gasteiger partial charge is 0.240 e. The van der Waals surface area contributed by atoms with Gasteiger partial charge in [-0.3, -0.25) is 0 Å². The number of sulfonamides is 1. The summed E-state index contributed by atoms with van der Waals surface area (Å²) >= 11 is 0. The van der Waals surface area contributed by atoms with E-state index in [4.69, 9.17) is 9.47 Å². The molecule has 0 aromatic heterocycles. The zero-order valence-corrected chi connectivity index (χ0v) is 12.6. The first kappa shape index (κ1) is 15.8. The number of rotatable bonds is 3. The molecular formula is C14H17F2NO4S. The molecule has 1 aliphatic heterocycles. The van der Waals surface area contributed by atoms with E-state index in [9.17, 15) is 17.2 Å². The Hall–Kier alpha value is -1.09. The molecule has 1 saturated heterocycles. The molecule has 0 radical (unpaired) electrons. The van der Waals surface area contributed by atoms with Crippen LogP contribution >= 0.6 is 0 Å². The molecule has 0 bridgehead atoms. The van der Waals surface area contributed by atoms with Gasteiger partial charge in [-0.05, 0) is 37.5 Å². The molecule has 0 spiro atoms. The molecule has 2 fully saturated rings. The Morgan fingerprint density at radius 3 is 2.50 bits per heavy atom. The summed E-state index contributed by atoms with van der Waals surface area (Å²) in [6, 6.07) is 2.23. The molecule has 1 aromatic rings. The fourth-order valence-corrected chi connectivity index (χ4v) is 4.20. The van der Waals surface area contributed by atoms with Gasteiger partial charge in [0.1, 0.15) is 0 Å². The minimum absolute atomic E-state index is 0.0118. The molecular weight excluding hydrogens is 316 g/mol. The summed E-state index contributed by atoms with van der Waals surface area (Å²) in [6.45, 7) is 1.07. The molecule has 1 aliphatic carbocycles. The van der Waals surface area contributed by atoms with E-state index in [-0.39, 0.29) is 23.1 Å². The van der Waals surface area contributed by atoms with E-state index in [1.165, 1.54) is 0 Å². The molecule has 3 rings (SSSR count). The highest BCUT2D eigenvalue weighted by molar-refractivity contribution is 7.89. The van der Waals surface area contributed by atoms with Crippen LogP contribution in [-0.4, -0.2) is 39.9 Å². The average Bonchev–Trinajstić information content (AvgIpc) is 2.49. The second-order valence-electron chi connectivity index (χ2n) is 5.53. The second-order valence-corrected chi connectivity index (χ2v) is 7.24. The van der Waals surface area contributed by atoms with Gasteiger partial charge in [-0.1, -0.05) is 0 Å². The number of benzene rings is 1. The lowest BCUT2D eigenvalue weighted by molar-refractivity contribution is -0.156. The monoisotopic (exact) mass is 333 g/mol. The topological polar surface area (TPSA) is 64.6 Å². The van der Waals surface area contributed by atoms with Gasteiger partial charge in [0.15, 0.2) is 11.6 Å². The van der Waals surface area contributed by atoms with E-state index >= 15 is 0 Å². The predicted molar refractivity (Wildman–Crippen MR) is 73.8 cm³/mol. The summed E-state index contributed by atoms with van der Waals surface area (Å²) in [5, 5.41) is 0. The Morgan fingerprint density at radius 2 is 1.77 bits per heavy atom. The second kappa shape index (κ2) is 6.19. The van der Waals surface area contributed by atoms with E-state index in [1.807, 2.05) is 0 Å². The molecule has 5 nitrogen and oxygen atoms in total. The predicted octanol–water partition coefficient (Wildman–Crippen LogP) is 1.58. The first-order chi connectivity index (χ1) is 10.5. The van der Waals surface area contributed by atoms with Gasteiger partial charge < -0.3 is 9.47 Å². The Kier molecular flexibility index (Phi) is 4.44. The van der Waals surface area contributed by atoms with Crippen LogP contribution in [0.5, 0.6) is 0 Å². The van der Waals surface area contributed by atoms with Crippen molar-refractivity contribution in [3.05, 3.63) is 29.8 Å². The lowest BCUT2D eigenvalue weighted by atomic mass is 9.90. The van der Waals surface area contributed by atoms with E-state index in [1.54, 1.807) is 0 Å². The molecule has 22 heavy (non-hydrogen) atoms. The van der Waals surface area contributed by atoms with E-state index in [0.717, 1.165) is 12.1 Å². The quantitative estimate of drug-likeness (QED) is 0.912. The third-order valence-corrected chi connectivity index (χ3v) is 5.52. The maximum atomic E-state index is 13.2. The van der Waals surface area contributed by atoms with Crippen molar-refractivity contribution in [2.45, 2.75) is 42.4 Å². The maximum Gasteiger partial charge on any atom is 0.240 e. The van der Waals surface area contributed by atoms with Crippen LogP contribution in [-0.2, 0) is 19.5 Å². The van der Waals surface area contributed by atoms with Crippen molar-refractivity contribution < 1.29 is 26.7 Å². The summed E-state index contributed by atoms with van der Waals surface area (Å²) in [7, 11) is -3.89. The molecule has 8 heteroatoms. The summed E-state index contributed by atoms with van der Waals surface area (Å²) < 4.78 is 64.3. The van der Waals surface area contributed by atoms with Crippen molar-refractivity contribution in [2.24, 2.45) is 0 Å². The Labute approximate surface area is 127 Å². The molecule has 3 unspecified atom stereocenters. The van der Waals surface area contributed by atoms with Gasteiger partial charge in [-0.15, -0.1) is 0 Å². The maximum absolute atomic E-state index is 13.2. The minimum Gasteiger partial charge on any atom is -0.373 e. The van der Waals surface area contributed by atoms with E-state index in [2.05, 4.69) is 4.72 Å². The number of fused-ring (bicyclic) bond motifs is 1. The molecule has 1 aromatic carbocycles. The van der Waals surface area contributed by atoms with E-state index < -0.39 is 21.7 Å². The van der Waals surface area contributed by atoms with Gasteiger partial charge in [0.25, 0.3) is 0 Å². The highest BCUT2D eigenvalue weighted by Crippen LogP contribution is 2.27. The van der Waals surface area contributed by atoms with Crippen molar-refractivity contribution in [1.82, 2.24) is 4.72 Å². The zero-order chi connectivity index (χ0) is 15.7. The third-order valence-electron chi connectivity index (χ3n) is 4.00. The van der Waals surface area contributed by atoms with Gasteiger partial charge in [0.2, 0.25) is 10.0 Å². The number of hydrogen-bond acceptors (Lipinski definition) is 4. The summed E-state index contributed by atoms with van der Waals surface area (Å²) in [5.41, 5.74) is 0. The number of ether oxygens (including phenoxy) is 2. The zero-order valence-electron chi connectivity index (χ0n) is 11.8. The van der Waals surface area contributed by atoms with Crippen molar-refractivity contribution in [3.63, 3.8) is 0 Å². The Balaban J connectivity index is 1.70. The van der Waals surface area contributed by atoms with Gasteiger partial charge >= 0.3 is 0 Å². The lowest BCUT2D eigenvalue weighted by Crippen LogP contribution is -2.49. The Morgan fingerprint density at radius 1 is 1.05 bits per heavy atom. The molecule has 2 aliphatic rings. The van der Waals surface area contributed by atoms with Gasteiger partial charge in [-0.25, -0.2) is 21.9 Å². The molecule has 122 valence electrons. The van der Waals surface area contributed by atoms with Gasteiger partial charge in [0.05, 0.1) is 30.3 Å². The third kappa shape index (κ3) is 3.29. The Bertz CT molecular complexity index is 652. The fourth-order valence-electron chi connectivity index (χ4n) is 2.90. The molecule has 0 amide bonds. The van der Waals surface area contributed by atoms with Crippen LogP contribution in [0.15, 0.2) is 23.1 Å². The van der Waals surface area contributed by atoms with Crippen molar-refractivity contribution in [3.8, 4) is 0 Å². The average molecular weight is 333 g/mol. The van der Waals surface area contributed by atoms with Crippen molar-refractivity contribution in [2.75, 3.05) is 13.2 Å². The molecule has 1 heterocycles. The van der Waals surface area contributed by atoms with Crippen LogP contribution in [0, 0.1) is 11.6 Å². The number of hydrogen-bond donors (Lipinski definition) is 1. The van der Waals surface area contributed by atoms with Crippen LogP contribution in [0.1, 0.15) is 19.3 Å². The molecule has 1 saturated carbocycles. The van der Waals surface area contributed by atoms with Gasteiger partial charge in [0, 0.05) is 6.04 Å². The summed E-state index contributed by atoms with van der Waals surface area (Å²) in [4.78, 5) is -0.283. The molecule has 3 atom stereocenters. The van der Waals surface area contributed by atoms with Crippen molar-refractivity contribution in [1.29, 1.82) is 0 Å². The number of nitrogens with one attached hydrogen (secondary N) is 1. The van der Waals surface area contributed by atoms with Gasteiger partial charge in [-0.2, -0.15) is 0 Å². The van der Waals surface area contributed by atoms with Crippen LogP contribution in [0.25, 0.3) is 0 Å². The standard InChI is InChI=1S/C14H17F2NO4S/c15-11-3-2-10(8-12(11)16)22(18,19)17-9-1-4-13-14(7-9)21-6-5-20-13/h2-3,8-9,13-14,17H,1,4-7H2. The normalized spacial score (nSPS) is 29.1. The van der Waals surface area contributed by atoms with Crippen LogP contribution in [0.4, 0.5) is 8.78 Å². The molecule has 1 N–H and O–H groups in total. The van der Waals surface area contributed by atoms with Crippen LogP contribution in [0.3, 0.4) is 0 Å². The highest BCUT2D eigenvalue weighted by Gasteiger charge is 2.35. The first-order valence-electron chi connectivity index (χ1n) is 7.16. The lowest BCUT2D eigenvalue weighted by Gasteiger charge is -2.38. The largest absolute Gasteiger partial charge is 0.373 e. The van der Waals surface area contributed by atoms with Crippen LogP contribution < -0.4 is 4.72 Å². The van der Waals surface area contributed by atoms with Crippen LogP contribution in [0.2, 0.25) is 0 Å². The first-order valence-corrected chi connectivity index (χ1v) is 8.64. The highest BCUT2D eigenvalue weighted by atomic mass is 32.2. The van der Waals surface area contributed by atoms with Crippen molar-refractivity contribution >= 4 is 10.0 Å². The number of halogens is 2. The SMILES string of the molecule is O=S(=O)(NC1CCC2OCCOC2C1)c1ccc(F)c(F)c1. The fraction of sp³-hybridized carbons (Fsp3) is 0.571.